The number of nitrogens with zero attached hydrogens (tertiary/aromatic N) is 5. The van der Waals surface area contributed by atoms with E-state index < -0.39 is 6.17 Å². The Morgan fingerprint density at radius 3 is 2.62 bits per heavy atom. The normalized spacial score (nSPS) is 15.6. The third kappa shape index (κ3) is 2.73. The quantitative estimate of drug-likeness (QED) is 0.710. The van der Waals surface area contributed by atoms with Gasteiger partial charge in [0, 0.05) is 43.3 Å². The van der Waals surface area contributed by atoms with Gasteiger partial charge < -0.3 is 4.90 Å². The van der Waals surface area contributed by atoms with Crippen LogP contribution in [0.15, 0.2) is 31.0 Å². The lowest BCUT2D eigenvalue weighted by Gasteiger charge is -2.29. The number of alkyl halides is 1. The van der Waals surface area contributed by atoms with Crippen molar-refractivity contribution in [2.24, 2.45) is 0 Å². The molecule has 3 aromatic rings. The minimum absolute atomic E-state index is 0.0737. The van der Waals surface area contributed by atoms with Gasteiger partial charge in [-0.15, -0.1) is 0 Å². The van der Waals surface area contributed by atoms with Crippen LogP contribution in [0.4, 0.5) is 4.39 Å². The molecule has 1 aliphatic heterocycles. The number of hydrogen-bond donors (Lipinski definition) is 0. The van der Waals surface area contributed by atoms with Gasteiger partial charge in [0.1, 0.15) is 11.8 Å². The monoisotopic (exact) mass is 353 g/mol. The van der Waals surface area contributed by atoms with Gasteiger partial charge in [-0.1, -0.05) is 0 Å². The SMILES string of the molecule is Cc1cn(-c2cnccn2)c2ncc(C(=O)N3CCC(F)CC3)c(C)c12. The van der Waals surface area contributed by atoms with Crippen LogP contribution < -0.4 is 0 Å². The fraction of sp³-hybridized carbons (Fsp3) is 0.368. The second-order valence-corrected chi connectivity index (χ2v) is 6.71. The summed E-state index contributed by atoms with van der Waals surface area (Å²) in [5.74, 6) is 0.608. The lowest BCUT2D eigenvalue weighted by molar-refractivity contribution is 0.0666. The molecule has 1 saturated heterocycles. The van der Waals surface area contributed by atoms with Crippen molar-refractivity contribution in [1.82, 2.24) is 24.4 Å². The van der Waals surface area contributed by atoms with Crippen molar-refractivity contribution in [3.63, 3.8) is 0 Å². The molecule has 0 aromatic carbocycles. The number of carbonyl (C=O) groups is 1. The van der Waals surface area contributed by atoms with Crippen LogP contribution in [0.3, 0.4) is 0 Å². The zero-order valence-electron chi connectivity index (χ0n) is 14.8. The Hall–Kier alpha value is -2.83. The fourth-order valence-corrected chi connectivity index (χ4v) is 3.59. The molecule has 134 valence electrons. The summed E-state index contributed by atoms with van der Waals surface area (Å²) in [5, 5.41) is 0.946. The molecule has 0 aliphatic carbocycles. The van der Waals surface area contributed by atoms with Crippen molar-refractivity contribution in [2.45, 2.75) is 32.9 Å². The summed E-state index contributed by atoms with van der Waals surface area (Å²) in [6.07, 6.45) is 8.52. The predicted molar refractivity (Wildman–Crippen MR) is 96.2 cm³/mol. The van der Waals surface area contributed by atoms with Crippen LogP contribution in [-0.4, -0.2) is 49.6 Å². The Kier molecular flexibility index (Phi) is 4.14. The van der Waals surface area contributed by atoms with Crippen LogP contribution in [0.2, 0.25) is 0 Å². The predicted octanol–water partition coefficient (Wildman–Crippen LogP) is 3.01. The molecule has 4 heterocycles. The molecular weight excluding hydrogens is 333 g/mol. The van der Waals surface area contributed by atoms with Crippen molar-refractivity contribution < 1.29 is 9.18 Å². The van der Waals surface area contributed by atoms with Crippen LogP contribution >= 0.6 is 0 Å². The number of piperidine rings is 1. The number of halogens is 1. The van der Waals surface area contributed by atoms with E-state index in [0.717, 1.165) is 22.2 Å². The smallest absolute Gasteiger partial charge is 0.255 e. The van der Waals surface area contributed by atoms with Gasteiger partial charge in [-0.3, -0.25) is 14.3 Å². The van der Waals surface area contributed by atoms with E-state index in [1.54, 1.807) is 29.7 Å². The molecule has 3 aromatic heterocycles. The van der Waals surface area contributed by atoms with Crippen molar-refractivity contribution >= 4 is 16.9 Å². The number of amides is 1. The summed E-state index contributed by atoms with van der Waals surface area (Å²) in [4.78, 5) is 27.6. The van der Waals surface area contributed by atoms with Gasteiger partial charge in [-0.2, -0.15) is 0 Å². The van der Waals surface area contributed by atoms with Gasteiger partial charge in [0.2, 0.25) is 0 Å². The minimum atomic E-state index is -0.802. The molecule has 1 aliphatic rings. The number of aryl methyl sites for hydroxylation is 2. The van der Waals surface area contributed by atoms with Crippen LogP contribution in [0.25, 0.3) is 16.9 Å². The maximum atomic E-state index is 13.4. The van der Waals surface area contributed by atoms with Crippen LogP contribution in [0, 0.1) is 13.8 Å². The topological polar surface area (TPSA) is 63.9 Å². The summed E-state index contributed by atoms with van der Waals surface area (Å²) >= 11 is 0. The molecule has 0 unspecified atom stereocenters. The van der Waals surface area contributed by atoms with Crippen LogP contribution in [0.5, 0.6) is 0 Å². The second-order valence-electron chi connectivity index (χ2n) is 6.71. The van der Waals surface area contributed by atoms with Gasteiger partial charge in [0.05, 0.1) is 11.8 Å². The maximum Gasteiger partial charge on any atom is 0.255 e. The highest BCUT2D eigenvalue weighted by molar-refractivity contribution is 6.00. The highest BCUT2D eigenvalue weighted by atomic mass is 19.1. The molecule has 26 heavy (non-hydrogen) atoms. The highest BCUT2D eigenvalue weighted by Crippen LogP contribution is 2.28. The Morgan fingerprint density at radius 1 is 1.15 bits per heavy atom. The number of fused-ring (bicyclic) bond motifs is 1. The van der Waals surface area contributed by atoms with E-state index in [0.29, 0.717) is 37.3 Å². The summed E-state index contributed by atoms with van der Waals surface area (Å²) in [5.41, 5.74) is 3.24. The van der Waals surface area contributed by atoms with Gasteiger partial charge in [-0.05, 0) is 37.8 Å². The zero-order valence-corrected chi connectivity index (χ0v) is 14.8. The fourth-order valence-electron chi connectivity index (χ4n) is 3.59. The molecule has 7 heteroatoms. The number of aromatic nitrogens is 4. The summed E-state index contributed by atoms with van der Waals surface area (Å²) in [7, 11) is 0. The Morgan fingerprint density at radius 2 is 1.92 bits per heavy atom. The molecule has 0 spiro atoms. The minimum Gasteiger partial charge on any atom is -0.338 e. The summed E-state index contributed by atoms with van der Waals surface area (Å²) in [6.45, 7) is 4.84. The second kappa shape index (κ2) is 6.48. The first-order valence-corrected chi connectivity index (χ1v) is 8.73. The standard InChI is InChI=1S/C19H20FN5O/c1-12-11-25(16-10-21-5-6-22-16)18-17(12)13(2)15(9-23-18)19(26)24-7-3-14(20)4-8-24/h5-6,9-11,14H,3-4,7-8H2,1-2H3. The Balaban J connectivity index is 1.76. The van der Waals surface area contributed by atoms with Gasteiger partial charge in [0.25, 0.3) is 5.91 Å². The average molecular weight is 353 g/mol. The largest absolute Gasteiger partial charge is 0.338 e. The molecule has 0 bridgehead atoms. The molecule has 0 radical (unpaired) electrons. The molecule has 0 N–H and O–H groups in total. The van der Waals surface area contributed by atoms with Gasteiger partial charge >= 0.3 is 0 Å². The van der Waals surface area contributed by atoms with E-state index in [9.17, 15) is 9.18 Å². The van der Waals surface area contributed by atoms with E-state index in [1.165, 1.54) is 0 Å². The third-order valence-electron chi connectivity index (χ3n) is 5.00. The Bertz CT molecular complexity index is 961. The number of rotatable bonds is 2. The lowest BCUT2D eigenvalue weighted by atomic mass is 10.0. The first-order valence-electron chi connectivity index (χ1n) is 8.73. The van der Waals surface area contributed by atoms with Gasteiger partial charge in [0.15, 0.2) is 5.82 Å². The molecule has 1 fully saturated rings. The van der Waals surface area contributed by atoms with E-state index in [2.05, 4.69) is 15.0 Å². The van der Waals surface area contributed by atoms with Crippen molar-refractivity contribution in [3.8, 4) is 5.82 Å². The first kappa shape index (κ1) is 16.6. The van der Waals surface area contributed by atoms with Gasteiger partial charge in [-0.25, -0.2) is 14.4 Å². The number of hydrogen-bond acceptors (Lipinski definition) is 4. The number of carbonyl (C=O) groups excluding carboxylic acids is 1. The molecule has 4 rings (SSSR count). The lowest BCUT2D eigenvalue weighted by Crippen LogP contribution is -2.39. The average Bonchev–Trinajstić information content (AvgIpc) is 3.00. The molecule has 0 atom stereocenters. The van der Waals surface area contributed by atoms with Crippen LogP contribution in [0.1, 0.15) is 34.3 Å². The zero-order chi connectivity index (χ0) is 18.3. The van der Waals surface area contributed by atoms with Crippen molar-refractivity contribution in [1.29, 1.82) is 0 Å². The number of likely N-dealkylation sites (tertiary alicyclic amines) is 1. The van der Waals surface area contributed by atoms with E-state index >= 15 is 0 Å². The van der Waals surface area contributed by atoms with E-state index in [4.69, 9.17) is 0 Å². The molecule has 0 saturated carbocycles. The summed E-state index contributed by atoms with van der Waals surface area (Å²) < 4.78 is 15.2. The maximum absolute atomic E-state index is 13.4. The summed E-state index contributed by atoms with van der Waals surface area (Å²) in [6, 6.07) is 0. The number of pyridine rings is 1. The van der Waals surface area contributed by atoms with Crippen molar-refractivity contribution in [2.75, 3.05) is 13.1 Å². The molecule has 1 amide bonds. The van der Waals surface area contributed by atoms with E-state index in [-0.39, 0.29) is 5.91 Å². The van der Waals surface area contributed by atoms with Crippen molar-refractivity contribution in [3.05, 3.63) is 47.7 Å². The Labute approximate surface area is 150 Å². The highest BCUT2D eigenvalue weighted by Gasteiger charge is 2.26. The molecule has 6 nitrogen and oxygen atoms in total. The first-order chi connectivity index (χ1) is 12.6. The molecular formula is C19H20FN5O. The van der Waals surface area contributed by atoms with Crippen LogP contribution in [-0.2, 0) is 0 Å². The van der Waals surface area contributed by atoms with E-state index in [1.807, 2.05) is 24.6 Å². The third-order valence-corrected chi connectivity index (χ3v) is 5.00.